The number of hydrogen-bond donors (Lipinski definition) is 2. The maximum atomic E-state index is 5.79. The lowest BCUT2D eigenvalue weighted by atomic mass is 10.1. The molecule has 6 nitrogen and oxygen atoms in total. The molecule has 1 aromatic heterocycles. The maximum Gasteiger partial charge on any atom is 0.213 e. The Hall–Kier alpha value is -1.87. The third-order valence-corrected chi connectivity index (χ3v) is 4.03. The highest BCUT2D eigenvalue weighted by Gasteiger charge is 2.16. The van der Waals surface area contributed by atoms with Crippen molar-refractivity contribution in [3.05, 3.63) is 59.8 Å². The van der Waals surface area contributed by atoms with Gasteiger partial charge < -0.3 is 20.1 Å². The van der Waals surface area contributed by atoms with Crippen molar-refractivity contribution in [2.24, 2.45) is 4.99 Å². The number of aromatic nitrogens is 1. The molecule has 1 heterocycles. The number of nitrogens with zero attached hydrogens (tertiary/aromatic N) is 2. The van der Waals surface area contributed by atoms with Crippen molar-refractivity contribution < 1.29 is 9.47 Å². The predicted octanol–water partition coefficient (Wildman–Crippen LogP) is 3.76. The summed E-state index contributed by atoms with van der Waals surface area (Å²) in [6.07, 6.45) is 1.75. The first-order valence-corrected chi connectivity index (χ1v) is 9.21. The summed E-state index contributed by atoms with van der Waals surface area (Å²) in [4.78, 5) is 8.92. The van der Waals surface area contributed by atoms with Crippen molar-refractivity contribution in [3.63, 3.8) is 0 Å². The first-order chi connectivity index (χ1) is 13.0. The van der Waals surface area contributed by atoms with E-state index in [1.807, 2.05) is 63.2 Å². The van der Waals surface area contributed by atoms with Crippen LogP contribution in [0.3, 0.4) is 0 Å². The fourth-order valence-electron chi connectivity index (χ4n) is 2.24. The molecule has 0 aliphatic heterocycles. The minimum absolute atomic E-state index is 0. The molecule has 0 spiro atoms. The minimum Gasteiger partial charge on any atom is -0.473 e. The van der Waals surface area contributed by atoms with E-state index in [-0.39, 0.29) is 29.6 Å². The number of nitrogens with one attached hydrogen (secondary N) is 2. The van der Waals surface area contributed by atoms with E-state index in [2.05, 4.69) is 20.6 Å². The summed E-state index contributed by atoms with van der Waals surface area (Å²) in [5.74, 6) is 1.36. The van der Waals surface area contributed by atoms with Gasteiger partial charge >= 0.3 is 0 Å². The summed E-state index contributed by atoms with van der Waals surface area (Å²) in [5.41, 5.74) is 1.89. The SMILES string of the molecule is CCNC(=NCc1ccnc(OCc2ccccc2)c1)NCC(C)(C)OC.I. The Kier molecular flexibility index (Phi) is 10.8. The highest BCUT2D eigenvalue weighted by molar-refractivity contribution is 14.0. The molecule has 0 fully saturated rings. The molecule has 7 heteroatoms. The summed E-state index contributed by atoms with van der Waals surface area (Å²) in [5, 5.41) is 6.56. The van der Waals surface area contributed by atoms with E-state index >= 15 is 0 Å². The van der Waals surface area contributed by atoms with Crippen LogP contribution in [0.25, 0.3) is 0 Å². The predicted molar refractivity (Wildman–Crippen MR) is 124 cm³/mol. The zero-order chi connectivity index (χ0) is 19.5. The Morgan fingerprint density at radius 3 is 2.54 bits per heavy atom. The number of halogens is 1. The van der Waals surface area contributed by atoms with Crippen molar-refractivity contribution in [3.8, 4) is 5.88 Å². The second-order valence-corrected chi connectivity index (χ2v) is 6.79. The van der Waals surface area contributed by atoms with Gasteiger partial charge in [-0.05, 0) is 38.0 Å². The van der Waals surface area contributed by atoms with Crippen LogP contribution in [-0.2, 0) is 17.9 Å². The molecule has 0 unspecified atom stereocenters. The number of ether oxygens (including phenoxy) is 2. The van der Waals surface area contributed by atoms with Gasteiger partial charge in [0.1, 0.15) is 6.61 Å². The molecular formula is C21H31IN4O2. The molecule has 28 heavy (non-hydrogen) atoms. The molecule has 2 rings (SSSR count). The van der Waals surface area contributed by atoms with Crippen LogP contribution in [0.1, 0.15) is 31.9 Å². The Labute approximate surface area is 185 Å². The highest BCUT2D eigenvalue weighted by atomic mass is 127. The second kappa shape index (κ2) is 12.6. The largest absolute Gasteiger partial charge is 0.473 e. The average molecular weight is 498 g/mol. The third kappa shape index (κ3) is 8.88. The van der Waals surface area contributed by atoms with Gasteiger partial charge in [0.2, 0.25) is 5.88 Å². The number of aliphatic imine (C=N–C) groups is 1. The number of guanidine groups is 1. The van der Waals surface area contributed by atoms with Crippen LogP contribution in [0, 0.1) is 0 Å². The number of methoxy groups -OCH3 is 1. The van der Waals surface area contributed by atoms with Crippen molar-refractivity contribution in [1.82, 2.24) is 15.6 Å². The zero-order valence-electron chi connectivity index (χ0n) is 17.1. The maximum absolute atomic E-state index is 5.79. The molecule has 0 aliphatic carbocycles. The van der Waals surface area contributed by atoms with Crippen molar-refractivity contribution >= 4 is 29.9 Å². The van der Waals surface area contributed by atoms with E-state index in [0.717, 1.165) is 23.6 Å². The quantitative estimate of drug-likeness (QED) is 0.313. The third-order valence-electron chi connectivity index (χ3n) is 4.03. The van der Waals surface area contributed by atoms with Crippen molar-refractivity contribution in [2.45, 2.75) is 39.5 Å². The first kappa shape index (κ1) is 24.2. The van der Waals surface area contributed by atoms with E-state index in [9.17, 15) is 0 Å². The fourth-order valence-corrected chi connectivity index (χ4v) is 2.24. The number of hydrogen-bond acceptors (Lipinski definition) is 4. The summed E-state index contributed by atoms with van der Waals surface area (Å²) in [6.45, 7) is 8.59. The van der Waals surface area contributed by atoms with Crippen LogP contribution in [0.2, 0.25) is 0 Å². The lowest BCUT2D eigenvalue weighted by molar-refractivity contribution is 0.0268. The standard InChI is InChI=1S/C21H30N4O2.HI/c1-5-22-20(25-16-21(2,3)26-4)24-14-18-11-12-23-19(13-18)27-15-17-9-7-6-8-10-17;/h6-13H,5,14-16H2,1-4H3,(H2,22,24,25);1H. The summed E-state index contributed by atoms with van der Waals surface area (Å²) in [6, 6.07) is 13.9. The molecule has 0 atom stereocenters. The molecule has 0 bridgehead atoms. The lowest BCUT2D eigenvalue weighted by Gasteiger charge is -2.24. The topological polar surface area (TPSA) is 67.8 Å². The molecular weight excluding hydrogens is 467 g/mol. The van der Waals surface area contributed by atoms with Gasteiger partial charge in [-0.2, -0.15) is 0 Å². The van der Waals surface area contributed by atoms with Crippen LogP contribution in [0.5, 0.6) is 5.88 Å². The van der Waals surface area contributed by atoms with Gasteiger partial charge in [0.05, 0.1) is 12.1 Å². The van der Waals surface area contributed by atoms with Gasteiger partial charge in [0.25, 0.3) is 0 Å². The highest BCUT2D eigenvalue weighted by Crippen LogP contribution is 2.12. The van der Waals surface area contributed by atoms with Crippen LogP contribution in [-0.4, -0.2) is 36.7 Å². The van der Waals surface area contributed by atoms with Crippen LogP contribution >= 0.6 is 24.0 Å². The number of benzene rings is 1. The van der Waals surface area contributed by atoms with Crippen LogP contribution in [0.15, 0.2) is 53.7 Å². The molecule has 2 N–H and O–H groups in total. The summed E-state index contributed by atoms with van der Waals surface area (Å²) < 4.78 is 11.2. The van der Waals surface area contributed by atoms with Gasteiger partial charge in [0.15, 0.2) is 5.96 Å². The monoisotopic (exact) mass is 498 g/mol. The van der Waals surface area contributed by atoms with Crippen molar-refractivity contribution in [1.29, 1.82) is 0 Å². The molecule has 1 aromatic carbocycles. The average Bonchev–Trinajstić information content (AvgIpc) is 2.70. The Balaban J connectivity index is 0.00000392. The molecule has 0 amide bonds. The molecule has 154 valence electrons. The van der Waals surface area contributed by atoms with E-state index in [1.165, 1.54) is 0 Å². The zero-order valence-corrected chi connectivity index (χ0v) is 19.4. The van der Waals surface area contributed by atoms with Gasteiger partial charge in [0, 0.05) is 32.5 Å². The Morgan fingerprint density at radius 2 is 1.86 bits per heavy atom. The smallest absolute Gasteiger partial charge is 0.213 e. The van der Waals surface area contributed by atoms with E-state index in [4.69, 9.17) is 9.47 Å². The number of rotatable bonds is 9. The normalized spacial score (nSPS) is 11.5. The van der Waals surface area contributed by atoms with Gasteiger partial charge in [-0.3, -0.25) is 0 Å². The molecule has 0 aliphatic rings. The van der Waals surface area contributed by atoms with Gasteiger partial charge in [-0.15, -0.1) is 24.0 Å². The van der Waals surface area contributed by atoms with E-state index < -0.39 is 0 Å². The minimum atomic E-state index is -0.259. The van der Waals surface area contributed by atoms with E-state index in [0.29, 0.717) is 25.6 Å². The lowest BCUT2D eigenvalue weighted by Crippen LogP contribution is -2.45. The summed E-state index contributed by atoms with van der Waals surface area (Å²) >= 11 is 0. The molecule has 0 radical (unpaired) electrons. The Morgan fingerprint density at radius 1 is 1.11 bits per heavy atom. The fraction of sp³-hybridized carbons (Fsp3) is 0.429. The molecule has 0 saturated carbocycles. The first-order valence-electron chi connectivity index (χ1n) is 9.21. The van der Waals surface area contributed by atoms with Gasteiger partial charge in [-0.25, -0.2) is 9.98 Å². The van der Waals surface area contributed by atoms with Crippen LogP contribution in [0.4, 0.5) is 0 Å². The van der Waals surface area contributed by atoms with Crippen molar-refractivity contribution in [2.75, 3.05) is 20.2 Å². The molecule has 0 saturated heterocycles. The second-order valence-electron chi connectivity index (χ2n) is 6.79. The number of pyridine rings is 1. The van der Waals surface area contributed by atoms with Gasteiger partial charge in [-0.1, -0.05) is 30.3 Å². The Bertz CT molecular complexity index is 723. The van der Waals surface area contributed by atoms with E-state index in [1.54, 1.807) is 13.3 Å². The van der Waals surface area contributed by atoms with Crippen LogP contribution < -0.4 is 15.4 Å². The molecule has 2 aromatic rings. The summed E-state index contributed by atoms with van der Waals surface area (Å²) in [7, 11) is 1.71.